The van der Waals surface area contributed by atoms with Gasteiger partial charge in [-0.05, 0) is 85.2 Å². The standard InChI is InChI=1S/C29H38BrN3O6/c1-26(2,3)38-24(34)32-21(17-36-28(32,7)8)13-11-19-15-31-16-20(23(19)30)12-14-22-18-37-29(9,10)33(22)25(35)39-27(4,5)6/h15-16,21-22H,17-18H2,1-10H3/t21-,22-/m1/s1. The van der Waals surface area contributed by atoms with Gasteiger partial charge in [-0.3, -0.25) is 14.8 Å². The lowest BCUT2D eigenvalue weighted by Crippen LogP contribution is -2.49. The summed E-state index contributed by atoms with van der Waals surface area (Å²) >= 11 is 3.59. The average molecular weight is 605 g/mol. The van der Waals surface area contributed by atoms with Gasteiger partial charge in [-0.25, -0.2) is 9.59 Å². The quantitative estimate of drug-likeness (QED) is 0.372. The highest BCUT2D eigenvalue weighted by atomic mass is 79.9. The highest BCUT2D eigenvalue weighted by Crippen LogP contribution is 2.31. The Morgan fingerprint density at radius 1 is 0.846 bits per heavy atom. The van der Waals surface area contributed by atoms with E-state index in [0.717, 1.165) is 0 Å². The van der Waals surface area contributed by atoms with Gasteiger partial charge in [0.05, 0.1) is 28.8 Å². The number of carbonyl (C=O) groups excluding carboxylic acids is 2. The third kappa shape index (κ3) is 7.66. The lowest BCUT2D eigenvalue weighted by molar-refractivity contribution is -0.0619. The second-order valence-electron chi connectivity index (χ2n) is 12.3. The van der Waals surface area contributed by atoms with Gasteiger partial charge in [0.25, 0.3) is 0 Å². The number of hydrogen-bond acceptors (Lipinski definition) is 7. The molecule has 0 unspecified atom stereocenters. The van der Waals surface area contributed by atoms with Crippen LogP contribution in [0, 0.1) is 23.7 Å². The summed E-state index contributed by atoms with van der Waals surface area (Å²) in [5.41, 5.74) is -1.81. The average Bonchev–Trinajstić information content (AvgIpc) is 3.23. The predicted octanol–water partition coefficient (Wildman–Crippen LogP) is 5.29. The lowest BCUT2D eigenvalue weighted by atomic mass is 10.1. The molecule has 1 aromatic rings. The van der Waals surface area contributed by atoms with Crippen molar-refractivity contribution in [1.29, 1.82) is 0 Å². The molecule has 9 nitrogen and oxygen atoms in total. The molecule has 2 amide bonds. The molecule has 3 rings (SSSR count). The highest BCUT2D eigenvalue weighted by Gasteiger charge is 2.46. The predicted molar refractivity (Wildman–Crippen MR) is 149 cm³/mol. The number of pyridine rings is 1. The van der Waals surface area contributed by atoms with E-state index in [2.05, 4.69) is 44.6 Å². The fourth-order valence-electron chi connectivity index (χ4n) is 4.07. The molecule has 0 aliphatic carbocycles. The molecule has 0 aromatic carbocycles. The van der Waals surface area contributed by atoms with Crippen molar-refractivity contribution < 1.29 is 28.5 Å². The first-order chi connectivity index (χ1) is 17.8. The van der Waals surface area contributed by atoms with Gasteiger partial charge >= 0.3 is 12.2 Å². The molecule has 0 N–H and O–H groups in total. The highest BCUT2D eigenvalue weighted by molar-refractivity contribution is 9.10. The van der Waals surface area contributed by atoms with Crippen LogP contribution in [0.15, 0.2) is 16.9 Å². The first kappa shape index (κ1) is 30.7. The largest absolute Gasteiger partial charge is 0.444 e. The van der Waals surface area contributed by atoms with Gasteiger partial charge in [-0.15, -0.1) is 0 Å². The van der Waals surface area contributed by atoms with Gasteiger partial charge < -0.3 is 18.9 Å². The van der Waals surface area contributed by atoms with Gasteiger partial charge in [0.1, 0.15) is 34.7 Å². The number of nitrogens with zero attached hydrogens (tertiary/aromatic N) is 3. The number of ether oxygens (including phenoxy) is 4. The van der Waals surface area contributed by atoms with Crippen LogP contribution in [0.25, 0.3) is 0 Å². The van der Waals surface area contributed by atoms with E-state index in [1.54, 1.807) is 40.1 Å². The molecule has 2 aliphatic heterocycles. The van der Waals surface area contributed by atoms with E-state index in [-0.39, 0.29) is 13.2 Å². The third-order valence-corrected chi connectivity index (χ3v) is 6.63. The molecule has 0 radical (unpaired) electrons. The smallest absolute Gasteiger partial charge is 0.413 e. The van der Waals surface area contributed by atoms with Crippen molar-refractivity contribution >= 4 is 28.1 Å². The van der Waals surface area contributed by atoms with E-state index in [1.165, 1.54) is 9.80 Å². The Kier molecular flexibility index (Phi) is 8.67. The van der Waals surface area contributed by atoms with Crippen molar-refractivity contribution in [3.8, 4) is 23.7 Å². The monoisotopic (exact) mass is 603 g/mol. The van der Waals surface area contributed by atoms with Crippen molar-refractivity contribution in [1.82, 2.24) is 14.8 Å². The fourth-order valence-corrected chi connectivity index (χ4v) is 4.48. The first-order valence-corrected chi connectivity index (χ1v) is 13.6. The van der Waals surface area contributed by atoms with E-state index in [0.29, 0.717) is 15.6 Å². The molecule has 2 saturated heterocycles. The maximum atomic E-state index is 12.9. The maximum absolute atomic E-state index is 12.9. The van der Waals surface area contributed by atoms with Gasteiger partial charge in [0.2, 0.25) is 0 Å². The topological polar surface area (TPSA) is 90.4 Å². The van der Waals surface area contributed by atoms with Crippen LogP contribution in [0.5, 0.6) is 0 Å². The Bertz CT molecular complexity index is 1150. The van der Waals surface area contributed by atoms with Crippen molar-refractivity contribution in [3.05, 3.63) is 28.0 Å². The number of amides is 2. The zero-order chi connectivity index (χ0) is 29.4. The van der Waals surface area contributed by atoms with Gasteiger partial charge in [-0.1, -0.05) is 23.7 Å². The number of carbonyl (C=O) groups is 2. The van der Waals surface area contributed by atoms with Gasteiger partial charge in [-0.2, -0.15) is 0 Å². The summed E-state index contributed by atoms with van der Waals surface area (Å²) in [5.74, 6) is 12.5. The van der Waals surface area contributed by atoms with E-state index in [9.17, 15) is 9.59 Å². The SMILES string of the molecule is CC(C)(C)OC(=O)N1[C@H](C#Cc2cncc(C#C[C@@H]3COC(C)(C)N3C(=O)OC(C)(C)C)c2Br)COC1(C)C. The van der Waals surface area contributed by atoms with E-state index >= 15 is 0 Å². The lowest BCUT2D eigenvalue weighted by Gasteiger charge is -2.33. The summed E-state index contributed by atoms with van der Waals surface area (Å²) in [6.07, 6.45) is 2.26. The number of rotatable bonds is 0. The molecule has 2 atom stereocenters. The molecule has 0 bridgehead atoms. The summed E-state index contributed by atoms with van der Waals surface area (Å²) in [7, 11) is 0. The second-order valence-corrected chi connectivity index (χ2v) is 13.1. The normalized spacial score (nSPS) is 21.9. The Hall–Kier alpha value is -2.79. The van der Waals surface area contributed by atoms with Crippen molar-refractivity contribution in [3.63, 3.8) is 0 Å². The van der Waals surface area contributed by atoms with Crippen LogP contribution in [-0.4, -0.2) is 74.9 Å². The number of halogens is 1. The molecule has 2 aliphatic rings. The number of hydrogen-bond donors (Lipinski definition) is 0. The van der Waals surface area contributed by atoms with Crippen LogP contribution in [-0.2, 0) is 18.9 Å². The zero-order valence-corrected chi connectivity index (χ0v) is 26.0. The molecule has 212 valence electrons. The van der Waals surface area contributed by atoms with E-state index in [1.807, 2.05) is 41.5 Å². The Morgan fingerprint density at radius 2 is 1.21 bits per heavy atom. The summed E-state index contributed by atoms with van der Waals surface area (Å²) in [5, 5.41) is 0. The van der Waals surface area contributed by atoms with Crippen LogP contribution < -0.4 is 0 Å². The third-order valence-electron chi connectivity index (χ3n) is 5.78. The minimum Gasteiger partial charge on any atom is -0.444 e. The summed E-state index contributed by atoms with van der Waals surface area (Å²) < 4.78 is 23.5. The minimum absolute atomic E-state index is 0.252. The van der Waals surface area contributed by atoms with Crippen LogP contribution in [0.4, 0.5) is 9.59 Å². The van der Waals surface area contributed by atoms with E-state index in [4.69, 9.17) is 18.9 Å². The molecule has 1 aromatic heterocycles. The molecule has 39 heavy (non-hydrogen) atoms. The van der Waals surface area contributed by atoms with Crippen molar-refractivity contribution in [2.75, 3.05) is 13.2 Å². The Morgan fingerprint density at radius 3 is 1.54 bits per heavy atom. The van der Waals surface area contributed by atoms with Gasteiger partial charge in [0.15, 0.2) is 0 Å². The van der Waals surface area contributed by atoms with Gasteiger partial charge in [0, 0.05) is 12.4 Å². The molecular formula is C29H38BrN3O6. The summed E-state index contributed by atoms with van der Waals surface area (Å²) in [4.78, 5) is 33.1. The Balaban J connectivity index is 1.85. The number of aromatic nitrogens is 1. The Labute approximate surface area is 240 Å². The maximum Gasteiger partial charge on any atom is 0.413 e. The molecule has 3 heterocycles. The molecule has 10 heteroatoms. The first-order valence-electron chi connectivity index (χ1n) is 12.8. The van der Waals surface area contributed by atoms with Crippen LogP contribution in [0.3, 0.4) is 0 Å². The minimum atomic E-state index is -0.859. The van der Waals surface area contributed by atoms with Crippen molar-refractivity contribution in [2.45, 2.75) is 104 Å². The summed E-state index contributed by atoms with van der Waals surface area (Å²) in [6.45, 7) is 18.6. The molecule has 2 fully saturated rings. The van der Waals surface area contributed by atoms with E-state index < -0.39 is 46.9 Å². The molecular weight excluding hydrogens is 566 g/mol. The fraction of sp³-hybridized carbons (Fsp3) is 0.621. The van der Waals surface area contributed by atoms with Crippen LogP contribution in [0.2, 0.25) is 0 Å². The van der Waals surface area contributed by atoms with Crippen LogP contribution in [0.1, 0.15) is 80.4 Å². The molecule has 0 saturated carbocycles. The van der Waals surface area contributed by atoms with Crippen LogP contribution >= 0.6 is 15.9 Å². The second kappa shape index (κ2) is 11.0. The van der Waals surface area contributed by atoms with Crippen molar-refractivity contribution in [2.24, 2.45) is 0 Å². The summed E-state index contributed by atoms with van der Waals surface area (Å²) in [6, 6.07) is -1.01. The molecule has 0 spiro atoms. The zero-order valence-electron chi connectivity index (χ0n) is 24.4.